The van der Waals surface area contributed by atoms with Gasteiger partial charge in [0.15, 0.2) is 5.69 Å². The van der Waals surface area contributed by atoms with Crippen LogP contribution in [0.15, 0.2) is 65.8 Å². The minimum Gasteiger partial charge on any atom is -1.00 e. The summed E-state index contributed by atoms with van der Waals surface area (Å²) < 4.78 is 9.85. The first-order chi connectivity index (χ1) is 21.6. The van der Waals surface area contributed by atoms with Gasteiger partial charge in [0.05, 0.1) is 28.7 Å². The Bertz CT molecular complexity index is 1910. The number of rotatable bonds is 12. The molecule has 0 aliphatic carbocycles. The molecular formula is C31H33BrCl2N8O4. The van der Waals surface area contributed by atoms with Gasteiger partial charge in [0.2, 0.25) is 12.3 Å². The van der Waals surface area contributed by atoms with Gasteiger partial charge in [0.25, 0.3) is 5.56 Å². The number of nitrogens with one attached hydrogen (secondary N) is 1. The smallest absolute Gasteiger partial charge is 0.390 e. The molecule has 12 nitrogen and oxygen atoms in total. The van der Waals surface area contributed by atoms with Crippen LogP contribution in [-0.4, -0.2) is 59.7 Å². The summed E-state index contributed by atoms with van der Waals surface area (Å²) in [7, 11) is 3.42. The topological polar surface area (TPSA) is 130 Å². The highest BCUT2D eigenvalue weighted by Crippen LogP contribution is 2.34. The van der Waals surface area contributed by atoms with Crippen LogP contribution in [0.2, 0.25) is 10.0 Å². The van der Waals surface area contributed by atoms with Gasteiger partial charge in [-0.1, -0.05) is 29.3 Å². The molecule has 0 amide bonds. The maximum Gasteiger partial charge on any atom is 0.390 e. The molecule has 2 aromatic carbocycles. The van der Waals surface area contributed by atoms with Crippen molar-refractivity contribution in [2.24, 2.45) is 14.1 Å². The largest absolute Gasteiger partial charge is 1.00 e. The van der Waals surface area contributed by atoms with Gasteiger partial charge in [-0.15, -0.1) is 0 Å². The minimum atomic E-state index is -0.431. The van der Waals surface area contributed by atoms with Crippen LogP contribution in [0.25, 0.3) is 22.2 Å². The summed E-state index contributed by atoms with van der Waals surface area (Å²) in [6.07, 6.45) is 3.13. The second kappa shape index (κ2) is 14.6. The number of imidazole rings is 1. The van der Waals surface area contributed by atoms with E-state index in [1.165, 1.54) is 10.9 Å². The highest BCUT2D eigenvalue weighted by atomic mass is 79.9. The molecule has 0 atom stereocenters. The average Bonchev–Trinajstić information content (AvgIpc) is 3.39. The summed E-state index contributed by atoms with van der Waals surface area (Å²) in [4.78, 5) is 37.3. The third kappa shape index (κ3) is 7.17. The number of anilines is 2. The monoisotopic (exact) mass is 730 g/mol. The predicted octanol–water partition coefficient (Wildman–Crippen LogP) is 3.13. The van der Waals surface area contributed by atoms with E-state index in [0.29, 0.717) is 73.8 Å². The highest BCUT2D eigenvalue weighted by Gasteiger charge is 2.31. The van der Waals surface area contributed by atoms with Crippen LogP contribution in [0, 0.1) is 10.1 Å². The van der Waals surface area contributed by atoms with Crippen molar-refractivity contribution >= 4 is 51.7 Å². The molecule has 46 heavy (non-hydrogen) atoms. The fraction of sp³-hybridized carbons (Fsp3) is 0.290. The maximum atomic E-state index is 13.2. The van der Waals surface area contributed by atoms with Crippen LogP contribution in [-0.2, 0) is 20.6 Å². The third-order valence-corrected chi connectivity index (χ3v) is 8.79. The summed E-state index contributed by atoms with van der Waals surface area (Å²) in [6.45, 7) is 7.32. The van der Waals surface area contributed by atoms with Crippen molar-refractivity contribution in [2.45, 2.75) is 20.4 Å². The number of quaternary nitrogens is 1. The first-order valence-electron chi connectivity index (χ1n) is 14.4. The lowest BCUT2D eigenvalue weighted by atomic mass is 10.1. The molecule has 15 heteroatoms. The fourth-order valence-electron chi connectivity index (χ4n) is 5.30. The number of hydrogen-bond acceptors (Lipinski definition) is 8. The molecule has 5 aromatic rings. The van der Waals surface area contributed by atoms with E-state index in [4.69, 9.17) is 27.9 Å². The Morgan fingerprint density at radius 2 is 1.72 bits per heavy atom. The van der Waals surface area contributed by atoms with E-state index < -0.39 is 4.92 Å². The Hall–Kier alpha value is -4.04. The van der Waals surface area contributed by atoms with Gasteiger partial charge in [0, 0.05) is 36.9 Å². The van der Waals surface area contributed by atoms with Gasteiger partial charge in [-0.2, -0.15) is 4.98 Å². The van der Waals surface area contributed by atoms with E-state index in [-0.39, 0.29) is 28.4 Å². The minimum absolute atomic E-state index is 0. The number of aromatic nitrogens is 5. The predicted molar refractivity (Wildman–Crippen MR) is 175 cm³/mol. The number of hydrogen-bond donors (Lipinski definition) is 1. The van der Waals surface area contributed by atoms with Crippen molar-refractivity contribution in [3.8, 4) is 16.9 Å². The SMILES string of the molecule is CC[N+](CC)(CCOc1ccc(Nc2ncc3cc(-c4c(Cl)cccc4Cl)c(=O)n(C)c3n2)cc1)Cc1c([N+](=O)[O-])ncn1C.[Br-]. The fourth-order valence-corrected chi connectivity index (χ4v) is 5.90. The second-order valence-corrected chi connectivity index (χ2v) is 11.5. The molecule has 3 aromatic heterocycles. The number of pyridine rings is 1. The molecule has 0 bridgehead atoms. The third-order valence-electron chi connectivity index (χ3n) is 8.16. The molecule has 0 spiro atoms. The van der Waals surface area contributed by atoms with Crippen LogP contribution in [0.4, 0.5) is 17.5 Å². The van der Waals surface area contributed by atoms with Crippen molar-refractivity contribution in [3.63, 3.8) is 0 Å². The van der Waals surface area contributed by atoms with Crippen molar-refractivity contribution in [1.82, 2.24) is 24.1 Å². The lowest BCUT2D eigenvalue weighted by molar-refractivity contribution is -0.938. The number of benzene rings is 2. The van der Waals surface area contributed by atoms with E-state index in [2.05, 4.69) is 34.1 Å². The second-order valence-electron chi connectivity index (χ2n) is 10.7. The lowest BCUT2D eigenvalue weighted by Gasteiger charge is -2.36. The van der Waals surface area contributed by atoms with E-state index in [9.17, 15) is 14.9 Å². The summed E-state index contributed by atoms with van der Waals surface area (Å²) >= 11 is 12.7. The van der Waals surface area contributed by atoms with Crippen LogP contribution >= 0.6 is 23.2 Å². The molecule has 0 saturated carbocycles. The maximum absolute atomic E-state index is 13.2. The normalized spacial score (nSPS) is 11.3. The van der Waals surface area contributed by atoms with Crippen LogP contribution < -0.4 is 32.6 Å². The molecular weight excluding hydrogens is 699 g/mol. The zero-order chi connectivity index (χ0) is 32.3. The molecule has 0 unspecified atom stereocenters. The van der Waals surface area contributed by atoms with Gasteiger partial charge in [-0.05, 0) is 66.2 Å². The number of nitrogens with zero attached hydrogens (tertiary/aromatic N) is 7. The molecule has 242 valence electrons. The highest BCUT2D eigenvalue weighted by molar-refractivity contribution is 6.39. The zero-order valence-corrected chi connectivity index (χ0v) is 28.8. The Morgan fingerprint density at radius 1 is 1.04 bits per heavy atom. The van der Waals surface area contributed by atoms with Gasteiger partial charge < -0.3 is 46.2 Å². The molecule has 0 fully saturated rings. The molecule has 0 aliphatic heterocycles. The summed E-state index contributed by atoms with van der Waals surface area (Å²) in [6, 6.07) is 14.2. The number of nitro groups is 1. The molecule has 0 radical (unpaired) electrons. The Labute approximate surface area is 286 Å². The molecule has 0 saturated heterocycles. The van der Waals surface area contributed by atoms with Crippen LogP contribution in [0.1, 0.15) is 19.5 Å². The Kier molecular flexibility index (Phi) is 11.0. The number of fused-ring (bicyclic) bond motifs is 1. The van der Waals surface area contributed by atoms with Crippen LogP contribution in [0.3, 0.4) is 0 Å². The standard InChI is InChI=1S/C31H32Cl2N8O4.BrH/c1-5-41(6-2,18-26-29(40(43)44)35-19-38(26)3)14-15-45-22-12-10-21(11-13-22)36-31-34-17-20-16-23(30(42)39(4)28(20)37-31)27-24(32)8-7-9-25(27)33;/h7-13,16-17,19H,5-6,14-15,18H2,1-4H3;1H. The number of ether oxygens (including phenoxy) is 1. The molecule has 0 aliphatic rings. The van der Waals surface area contributed by atoms with Crippen LogP contribution in [0.5, 0.6) is 5.75 Å². The van der Waals surface area contributed by atoms with Gasteiger partial charge in [-0.25, -0.2) is 4.98 Å². The molecule has 1 N–H and O–H groups in total. The lowest BCUT2D eigenvalue weighted by Crippen LogP contribution is -3.00. The molecule has 5 rings (SSSR count). The first kappa shape index (κ1) is 34.8. The van der Waals surface area contributed by atoms with E-state index in [1.54, 1.807) is 49.1 Å². The summed E-state index contributed by atoms with van der Waals surface area (Å²) in [5, 5.41) is 16.1. The van der Waals surface area contributed by atoms with E-state index in [0.717, 1.165) is 18.8 Å². The Morgan fingerprint density at radius 3 is 2.35 bits per heavy atom. The first-order valence-corrected chi connectivity index (χ1v) is 15.1. The number of aryl methyl sites for hydroxylation is 2. The van der Waals surface area contributed by atoms with Crippen molar-refractivity contribution in [1.29, 1.82) is 0 Å². The average molecular weight is 732 g/mol. The van der Waals surface area contributed by atoms with Crippen molar-refractivity contribution < 1.29 is 31.1 Å². The zero-order valence-electron chi connectivity index (χ0n) is 25.7. The van der Waals surface area contributed by atoms with Gasteiger partial charge in [-0.3, -0.25) is 9.36 Å². The van der Waals surface area contributed by atoms with Gasteiger partial charge >= 0.3 is 5.82 Å². The van der Waals surface area contributed by atoms with Crippen molar-refractivity contribution in [2.75, 3.05) is 31.6 Å². The van der Waals surface area contributed by atoms with Crippen molar-refractivity contribution in [3.05, 3.63) is 97.3 Å². The Balaban J connectivity index is 0.00000480. The van der Waals surface area contributed by atoms with E-state index >= 15 is 0 Å². The van der Waals surface area contributed by atoms with Gasteiger partial charge in [0.1, 0.15) is 31.1 Å². The number of likely N-dealkylation sites (N-methyl/N-ethyl adjacent to an activating group) is 1. The summed E-state index contributed by atoms with van der Waals surface area (Å²) in [5.74, 6) is 0.909. The van der Waals surface area contributed by atoms with E-state index in [1.807, 2.05) is 24.3 Å². The number of halogens is 3. The quantitative estimate of drug-likeness (QED) is 0.118. The summed E-state index contributed by atoms with van der Waals surface area (Å²) in [5.41, 5.74) is 2.35. The molecule has 3 heterocycles.